The Labute approximate surface area is 812 Å². The van der Waals surface area contributed by atoms with Crippen LogP contribution < -0.4 is 47.4 Å². The van der Waals surface area contributed by atoms with Crippen LogP contribution >= 0.6 is 0 Å². The Hall–Kier alpha value is -18.1. The molecule has 0 N–H and O–H groups in total. The predicted molar refractivity (Wildman–Crippen MR) is 489 cm³/mol. The number of hydrogen-bond donors (Lipinski definition) is 0. The van der Waals surface area contributed by atoms with E-state index in [1.165, 1.54) is 42.5 Å². The van der Waals surface area contributed by atoms with Gasteiger partial charge in [0.1, 0.15) is 56.1 Å². The third-order valence-electron chi connectivity index (χ3n) is 21.5. The molecular weight excluding hydrogens is 1950 g/mol. The number of aryl methyl sites for hydroxylation is 6. The van der Waals surface area contributed by atoms with Crippen molar-refractivity contribution in [3.8, 4) is 114 Å². The van der Waals surface area contributed by atoms with Crippen molar-refractivity contribution in [1.29, 1.82) is 0 Å². The summed E-state index contributed by atoms with van der Waals surface area (Å²) in [7, 11) is 0. The first-order valence-electron chi connectivity index (χ1n) is 43.2. The average Bonchev–Trinajstić information content (AvgIpc) is 1.66. The zero-order valence-corrected chi connectivity index (χ0v) is 76.3. The van der Waals surface area contributed by atoms with Crippen LogP contribution in [-0.4, -0.2) is 101 Å². The Morgan fingerprint density at radius 2 is 0.603 bits per heavy atom. The number of aromatic nitrogens is 15. The van der Waals surface area contributed by atoms with Crippen molar-refractivity contribution in [3.05, 3.63) is 330 Å². The van der Waals surface area contributed by atoms with Gasteiger partial charge in [0, 0.05) is 67.5 Å². The second-order valence-electron chi connectivity index (χ2n) is 31.7. The van der Waals surface area contributed by atoms with Gasteiger partial charge >= 0.3 is 31.6 Å². The van der Waals surface area contributed by atoms with Crippen molar-refractivity contribution in [2.75, 3.05) is 0 Å². The van der Waals surface area contributed by atoms with Crippen LogP contribution in [0.15, 0.2) is 279 Å². The van der Waals surface area contributed by atoms with E-state index in [9.17, 15) is 65.9 Å². The highest BCUT2D eigenvalue weighted by Gasteiger charge is 2.44. The molecule has 0 unspecified atom stereocenters. The van der Waals surface area contributed by atoms with E-state index in [2.05, 4.69) is 99.3 Å². The number of benzene rings is 10. The van der Waals surface area contributed by atoms with Crippen LogP contribution in [0, 0.1) is 47.4 Å². The summed E-state index contributed by atoms with van der Waals surface area (Å²) in [6.45, 7) is 11.2. The van der Waals surface area contributed by atoms with Gasteiger partial charge in [0.15, 0.2) is 68.5 Å². The summed E-state index contributed by atoms with van der Waals surface area (Å²) in [4.78, 5) is 40.8. The topological polar surface area (TPSA) is 351 Å². The monoisotopic (exact) mass is 2020 g/mol. The first kappa shape index (κ1) is 99.5. The fraction of sp³-hybridized carbons (Fsp3) is 0.158. The first-order valence-corrected chi connectivity index (χ1v) is 43.2. The third-order valence-corrected chi connectivity index (χ3v) is 21.5. The summed E-state index contributed by atoms with van der Waals surface area (Å²) < 4.78 is 267. The summed E-state index contributed by atoms with van der Waals surface area (Å²) in [5.41, 5.74) is 12.3. The van der Waals surface area contributed by atoms with Crippen molar-refractivity contribution in [1.82, 2.24) is 75.6 Å². The summed E-state index contributed by atoms with van der Waals surface area (Å²) in [5.74, 6) is 1.94. The van der Waals surface area contributed by atoms with E-state index >= 15 is 0 Å². The Morgan fingerprint density at radius 3 is 1.00 bits per heavy atom. The summed E-state index contributed by atoms with van der Waals surface area (Å²) in [6, 6.07) is 49.3. The summed E-state index contributed by atoms with van der Waals surface area (Å²) in [5, 5.41) is 22.7. The SMILES string of the molecule is Cc1cc(-c2cc3c(OCc4ncccn4)noc3cc2C)ccc1OC(F)(F)F.Cc1cc(OC(F)(F)F)ccc1-c1cc2c(OCc3ncccn3)noc2cc1C.Cc1cc2onc(OCc3ncccn3)c2cc1-c1ccc(C(F)(F)F)cc1F.Cc1cc2onc(OCc3ncccn3)c2cc1-c1ccc(OC(F)(F)F)cc1.FC1(F)Oc2ccc(-c3ccc4onc(OCc5ncccn5)c4c3)cc2O1. The van der Waals surface area contributed by atoms with Crippen LogP contribution in [0.3, 0.4) is 0 Å². The number of rotatable bonds is 23. The molecule has 0 fully saturated rings. The lowest BCUT2D eigenvalue weighted by molar-refractivity contribution is -0.287. The molecule has 744 valence electrons. The molecule has 11 heterocycles. The first-order chi connectivity index (χ1) is 69.9. The molecule has 1 aliphatic rings. The molecule has 0 radical (unpaired) electrons. The van der Waals surface area contributed by atoms with Gasteiger partial charge in [-0.2, -0.15) is 13.2 Å². The highest BCUT2D eigenvalue weighted by atomic mass is 19.4. The molecule has 0 saturated carbocycles. The molecule has 45 heteroatoms. The van der Waals surface area contributed by atoms with E-state index in [1.807, 2.05) is 45.0 Å². The molecular formula is C101H70F15N15O15. The molecule has 1 aliphatic heterocycles. The summed E-state index contributed by atoms with van der Waals surface area (Å²) in [6.07, 6.45) is -6.42. The lowest BCUT2D eigenvalue weighted by Crippen LogP contribution is -2.25. The van der Waals surface area contributed by atoms with Crippen LogP contribution in [0.4, 0.5) is 65.9 Å². The average molecular weight is 2020 g/mol. The van der Waals surface area contributed by atoms with E-state index in [0.717, 1.165) is 67.8 Å². The molecule has 0 atom stereocenters. The molecule has 0 spiro atoms. The minimum absolute atomic E-state index is 0.00770. The van der Waals surface area contributed by atoms with Crippen LogP contribution in [0.25, 0.3) is 110 Å². The fourth-order valence-corrected chi connectivity index (χ4v) is 14.8. The highest BCUT2D eigenvalue weighted by Crippen LogP contribution is 2.47. The van der Waals surface area contributed by atoms with Crippen LogP contribution in [0.2, 0.25) is 0 Å². The zero-order chi connectivity index (χ0) is 103. The largest absolute Gasteiger partial charge is 0.586 e. The molecule has 21 rings (SSSR count). The minimum Gasteiger partial charge on any atom is -0.467 e. The Bertz CT molecular complexity index is 8010. The van der Waals surface area contributed by atoms with Crippen molar-refractivity contribution in [2.45, 2.75) is 106 Å². The smallest absolute Gasteiger partial charge is 0.467 e. The molecule has 0 bridgehead atoms. The fourth-order valence-electron chi connectivity index (χ4n) is 14.8. The van der Waals surface area contributed by atoms with Gasteiger partial charge in [-0.25, -0.2) is 54.2 Å². The van der Waals surface area contributed by atoms with Gasteiger partial charge in [0.2, 0.25) is 0 Å². The lowest BCUT2D eigenvalue weighted by Gasteiger charge is -2.13. The van der Waals surface area contributed by atoms with Gasteiger partial charge in [0.05, 0.1) is 32.5 Å². The van der Waals surface area contributed by atoms with Crippen LogP contribution in [0.5, 0.6) is 58.1 Å². The molecule has 20 aromatic rings. The molecule has 10 aromatic heterocycles. The van der Waals surface area contributed by atoms with Gasteiger partial charge in [-0.3, -0.25) is 0 Å². The number of ether oxygens (including phenoxy) is 10. The number of fused-ring (bicyclic) bond motifs is 6. The maximum atomic E-state index is 14.5. The van der Waals surface area contributed by atoms with E-state index in [4.69, 9.17) is 46.3 Å². The molecule has 0 amide bonds. The Balaban J connectivity index is 0.000000125. The van der Waals surface area contributed by atoms with E-state index in [0.29, 0.717) is 118 Å². The quantitative estimate of drug-likeness (QED) is 0.0537. The highest BCUT2D eigenvalue weighted by molar-refractivity contribution is 5.93. The lowest BCUT2D eigenvalue weighted by atomic mass is 9.95. The maximum absolute atomic E-state index is 14.5. The predicted octanol–water partition coefficient (Wildman–Crippen LogP) is 25.3. The van der Waals surface area contributed by atoms with Gasteiger partial charge in [-0.05, 0) is 302 Å². The van der Waals surface area contributed by atoms with Crippen molar-refractivity contribution in [2.24, 2.45) is 0 Å². The number of halogens is 15. The molecule has 146 heavy (non-hydrogen) atoms. The second-order valence-corrected chi connectivity index (χ2v) is 31.7. The molecule has 0 saturated heterocycles. The third kappa shape index (κ3) is 24.7. The Kier molecular flexibility index (Phi) is 28.9. The molecule has 30 nitrogen and oxygen atoms in total. The minimum atomic E-state index is -4.74. The maximum Gasteiger partial charge on any atom is 0.586 e. The molecule has 10 aromatic carbocycles. The second kappa shape index (κ2) is 42.4. The van der Waals surface area contributed by atoms with Crippen molar-refractivity contribution in [3.63, 3.8) is 0 Å². The van der Waals surface area contributed by atoms with E-state index < -0.39 is 42.9 Å². The van der Waals surface area contributed by atoms with Gasteiger partial charge < -0.3 is 70.0 Å². The van der Waals surface area contributed by atoms with E-state index in [1.54, 1.807) is 192 Å². The number of alkyl halides is 14. The van der Waals surface area contributed by atoms with Gasteiger partial charge in [-0.15, -0.1) is 48.3 Å². The summed E-state index contributed by atoms with van der Waals surface area (Å²) >= 11 is 0. The zero-order valence-electron chi connectivity index (χ0n) is 76.3. The number of hydrogen-bond acceptors (Lipinski definition) is 30. The van der Waals surface area contributed by atoms with Gasteiger partial charge in [-0.1, -0.05) is 42.5 Å². The number of nitrogens with zero attached hydrogens (tertiary/aromatic N) is 15. The Morgan fingerprint density at radius 1 is 0.274 bits per heavy atom. The normalized spacial score (nSPS) is 12.2. The van der Waals surface area contributed by atoms with Crippen molar-refractivity contribution < 1.29 is 136 Å². The molecule has 0 aliphatic carbocycles. The van der Waals surface area contributed by atoms with Crippen molar-refractivity contribution >= 4 is 54.8 Å². The van der Waals surface area contributed by atoms with Crippen LogP contribution in [-0.2, 0) is 39.2 Å². The standard InChI is InChI=1S/2C21H16F3N3O3.C20H13F4N3O2.C20H14F3N3O3.C19H11F2N3O4/c1-12-9-18-16(20(27-30-18)28-11-19-25-6-3-7-26-19)10-15(12)14-4-5-17(13(2)8-14)29-21(22,23)24;1-12-8-14(29-21(22,23)24)4-5-15(12)16-10-17-18(9-13(16)2)30-27-20(17)28-11-19-25-6-3-7-26-19;1-11-7-17-15(19(27-29-17)28-10-18-25-5-2-6-26-18)9-14(11)13-4-3-12(8-16(13)21)20(22,23)24;1-12-9-17-16(19(26-29-17)27-11-18-24-7-2-8-25-18)10-15(12)13-3-5-14(6-4-13)28-20(21,22)23;20-19(21)26-15-5-3-12(9-16(15)27-19)11-2-4-14-13(8-11)18(24-28-14)25-10-17-22-6-1-7-23-17/h2*3-10H,11H2,1-2H3;2-9H,10H2,1H3;2-10H,11H2,1H3;1-9H,10H2. The van der Waals surface area contributed by atoms with Crippen LogP contribution in [0.1, 0.15) is 68.1 Å². The van der Waals surface area contributed by atoms with E-state index in [-0.39, 0.29) is 96.7 Å². The van der Waals surface area contributed by atoms with Gasteiger partial charge in [0.25, 0.3) is 29.4 Å².